The van der Waals surface area contributed by atoms with Crippen LogP contribution in [0.1, 0.15) is 47.0 Å². The number of hydrogen-bond donors (Lipinski definition) is 0. The van der Waals surface area contributed by atoms with Crippen LogP contribution in [0.3, 0.4) is 0 Å². The zero-order chi connectivity index (χ0) is 7.82. The standard InChI is InChI=1S/C7H15N.C2H6.CH4/c1-8-6-4-2-3-5-7-8;1-2;/h2-7H2,1H3;1-2H3;1H4. The van der Waals surface area contributed by atoms with Gasteiger partial charge < -0.3 is 4.90 Å². The Labute approximate surface area is 72.8 Å². The summed E-state index contributed by atoms with van der Waals surface area (Å²) in [6.07, 6.45) is 5.72. The van der Waals surface area contributed by atoms with Crippen LogP contribution in [-0.4, -0.2) is 25.0 Å². The molecule has 1 heterocycles. The molecule has 0 bridgehead atoms. The number of likely N-dealkylation sites (tertiary alicyclic amines) is 1. The van der Waals surface area contributed by atoms with Gasteiger partial charge in [-0.2, -0.15) is 0 Å². The van der Waals surface area contributed by atoms with Crippen LogP contribution in [0.2, 0.25) is 0 Å². The fourth-order valence-electron chi connectivity index (χ4n) is 1.23. The van der Waals surface area contributed by atoms with Gasteiger partial charge in [-0.05, 0) is 33.0 Å². The third-order valence-corrected chi connectivity index (χ3v) is 1.83. The molecule has 0 unspecified atom stereocenters. The Balaban J connectivity index is 0. The summed E-state index contributed by atoms with van der Waals surface area (Å²) < 4.78 is 0. The molecule has 1 nitrogen and oxygen atoms in total. The lowest BCUT2D eigenvalue weighted by Gasteiger charge is -2.10. The van der Waals surface area contributed by atoms with Crippen LogP contribution < -0.4 is 0 Å². The van der Waals surface area contributed by atoms with E-state index in [1.165, 1.54) is 38.8 Å². The molecule has 0 amide bonds. The van der Waals surface area contributed by atoms with Crippen molar-refractivity contribution >= 4 is 0 Å². The van der Waals surface area contributed by atoms with Gasteiger partial charge in [-0.15, -0.1) is 0 Å². The smallest absolute Gasteiger partial charge is 0.00218 e. The maximum Gasteiger partial charge on any atom is -0.00218 e. The van der Waals surface area contributed by atoms with Crippen LogP contribution in [0.4, 0.5) is 0 Å². The van der Waals surface area contributed by atoms with Gasteiger partial charge in [-0.3, -0.25) is 0 Å². The summed E-state index contributed by atoms with van der Waals surface area (Å²) in [4.78, 5) is 2.42. The molecule has 0 atom stereocenters. The lowest BCUT2D eigenvalue weighted by atomic mass is 10.2. The molecular weight excluding hydrogens is 134 g/mol. The van der Waals surface area contributed by atoms with Crippen LogP contribution in [0.25, 0.3) is 0 Å². The van der Waals surface area contributed by atoms with E-state index in [1.807, 2.05) is 13.8 Å². The highest BCUT2D eigenvalue weighted by Crippen LogP contribution is 2.06. The SMILES string of the molecule is C.CC.CN1CCCCCC1. The minimum absolute atomic E-state index is 0. The summed E-state index contributed by atoms with van der Waals surface area (Å²) in [6, 6.07) is 0. The Hall–Kier alpha value is -0.0400. The summed E-state index contributed by atoms with van der Waals surface area (Å²) in [7, 11) is 2.21. The van der Waals surface area contributed by atoms with Gasteiger partial charge >= 0.3 is 0 Å². The van der Waals surface area contributed by atoms with E-state index in [4.69, 9.17) is 0 Å². The molecule has 0 aromatic heterocycles. The summed E-state index contributed by atoms with van der Waals surface area (Å²) in [6.45, 7) is 6.64. The monoisotopic (exact) mass is 159 g/mol. The highest BCUT2D eigenvalue weighted by molar-refractivity contribution is 4.57. The van der Waals surface area contributed by atoms with Crippen molar-refractivity contribution in [2.45, 2.75) is 47.0 Å². The third kappa shape index (κ3) is 7.86. The number of hydrogen-bond acceptors (Lipinski definition) is 1. The molecule has 1 saturated heterocycles. The lowest BCUT2D eigenvalue weighted by molar-refractivity contribution is 0.349. The molecule has 1 fully saturated rings. The van der Waals surface area contributed by atoms with Gasteiger partial charge in [-0.25, -0.2) is 0 Å². The van der Waals surface area contributed by atoms with Gasteiger partial charge in [0.2, 0.25) is 0 Å². The molecule has 1 heteroatoms. The van der Waals surface area contributed by atoms with E-state index in [0.717, 1.165) is 0 Å². The highest BCUT2D eigenvalue weighted by Gasteiger charge is 2.01. The van der Waals surface area contributed by atoms with Crippen LogP contribution >= 0.6 is 0 Å². The second kappa shape index (κ2) is 9.96. The van der Waals surface area contributed by atoms with Gasteiger partial charge in [0.1, 0.15) is 0 Å². The van der Waals surface area contributed by atoms with Crippen LogP contribution in [0.15, 0.2) is 0 Å². The maximum atomic E-state index is 2.42. The summed E-state index contributed by atoms with van der Waals surface area (Å²) >= 11 is 0. The first-order valence-corrected chi connectivity index (χ1v) is 4.58. The van der Waals surface area contributed by atoms with E-state index in [1.54, 1.807) is 0 Å². The quantitative estimate of drug-likeness (QED) is 0.525. The Bertz CT molecular complexity index is 53.9. The molecule has 0 aromatic rings. The molecule has 0 N–H and O–H groups in total. The second-order valence-electron chi connectivity index (χ2n) is 2.72. The van der Waals surface area contributed by atoms with E-state index in [0.29, 0.717) is 0 Å². The minimum atomic E-state index is 0. The first-order valence-electron chi connectivity index (χ1n) is 4.58. The Morgan fingerprint density at radius 1 is 0.818 bits per heavy atom. The summed E-state index contributed by atoms with van der Waals surface area (Å²) in [5.74, 6) is 0. The van der Waals surface area contributed by atoms with Gasteiger partial charge in [-0.1, -0.05) is 34.1 Å². The topological polar surface area (TPSA) is 3.24 Å². The van der Waals surface area contributed by atoms with E-state index in [-0.39, 0.29) is 7.43 Å². The Kier molecular flexibility index (Phi) is 12.3. The van der Waals surface area contributed by atoms with Crippen molar-refractivity contribution in [1.82, 2.24) is 4.90 Å². The van der Waals surface area contributed by atoms with Gasteiger partial charge in [0, 0.05) is 0 Å². The molecule has 1 aliphatic heterocycles. The summed E-state index contributed by atoms with van der Waals surface area (Å²) in [5, 5.41) is 0. The molecule has 0 spiro atoms. The van der Waals surface area contributed by atoms with E-state index >= 15 is 0 Å². The number of rotatable bonds is 0. The van der Waals surface area contributed by atoms with Crippen molar-refractivity contribution < 1.29 is 0 Å². The zero-order valence-corrected chi connectivity index (χ0v) is 7.69. The van der Waals surface area contributed by atoms with Gasteiger partial charge in [0.15, 0.2) is 0 Å². The van der Waals surface area contributed by atoms with E-state index in [9.17, 15) is 0 Å². The number of nitrogens with zero attached hydrogens (tertiary/aromatic N) is 1. The molecule has 1 rings (SSSR count). The largest absolute Gasteiger partial charge is 0.306 e. The van der Waals surface area contributed by atoms with Crippen molar-refractivity contribution in [3.05, 3.63) is 0 Å². The van der Waals surface area contributed by atoms with Crippen molar-refractivity contribution in [2.24, 2.45) is 0 Å². The Morgan fingerprint density at radius 2 is 1.18 bits per heavy atom. The summed E-state index contributed by atoms with van der Waals surface area (Å²) in [5.41, 5.74) is 0. The third-order valence-electron chi connectivity index (χ3n) is 1.83. The van der Waals surface area contributed by atoms with E-state index in [2.05, 4.69) is 11.9 Å². The fourth-order valence-corrected chi connectivity index (χ4v) is 1.23. The van der Waals surface area contributed by atoms with Crippen molar-refractivity contribution in [1.29, 1.82) is 0 Å². The molecule has 0 saturated carbocycles. The van der Waals surface area contributed by atoms with Gasteiger partial charge in [0.05, 0.1) is 0 Å². The van der Waals surface area contributed by atoms with Crippen molar-refractivity contribution in [2.75, 3.05) is 20.1 Å². The molecular formula is C10H25N. The van der Waals surface area contributed by atoms with Crippen LogP contribution in [-0.2, 0) is 0 Å². The van der Waals surface area contributed by atoms with Gasteiger partial charge in [0.25, 0.3) is 0 Å². The van der Waals surface area contributed by atoms with Crippen molar-refractivity contribution in [3.63, 3.8) is 0 Å². The Morgan fingerprint density at radius 3 is 1.55 bits per heavy atom. The fraction of sp³-hybridized carbons (Fsp3) is 1.00. The van der Waals surface area contributed by atoms with Crippen LogP contribution in [0, 0.1) is 0 Å². The van der Waals surface area contributed by atoms with Crippen LogP contribution in [0.5, 0.6) is 0 Å². The molecule has 0 radical (unpaired) electrons. The lowest BCUT2D eigenvalue weighted by Crippen LogP contribution is -2.18. The average molecular weight is 159 g/mol. The van der Waals surface area contributed by atoms with E-state index < -0.39 is 0 Å². The first kappa shape index (κ1) is 13.5. The van der Waals surface area contributed by atoms with Crippen molar-refractivity contribution in [3.8, 4) is 0 Å². The molecule has 0 aromatic carbocycles. The highest BCUT2D eigenvalue weighted by atomic mass is 15.1. The molecule has 0 aliphatic carbocycles. The molecule has 70 valence electrons. The molecule has 11 heavy (non-hydrogen) atoms. The first-order chi connectivity index (χ1) is 4.89. The minimum Gasteiger partial charge on any atom is -0.306 e. The predicted molar refractivity (Wildman–Crippen MR) is 54.0 cm³/mol. The predicted octanol–water partition coefficient (Wildman–Crippen LogP) is 3.15. The zero-order valence-electron chi connectivity index (χ0n) is 7.69. The normalized spacial score (nSPS) is 18.8. The second-order valence-corrected chi connectivity index (χ2v) is 2.72. The average Bonchev–Trinajstić information content (AvgIpc) is 2.21. The molecule has 1 aliphatic rings. The maximum absolute atomic E-state index is 2.42.